The lowest BCUT2D eigenvalue weighted by Crippen LogP contribution is -2.30. The maximum absolute atomic E-state index is 12.7. The van der Waals surface area contributed by atoms with Crippen LogP contribution in [0.25, 0.3) is 0 Å². The SMILES string of the molecule is CC(c1ccccc1)N(C)S(=O)(=O)c1cc(Cl)ccc1N. The molecule has 0 radical (unpaired) electrons. The van der Waals surface area contributed by atoms with Crippen LogP contribution < -0.4 is 5.73 Å². The summed E-state index contributed by atoms with van der Waals surface area (Å²) in [4.78, 5) is 0.0280. The molecule has 6 heteroatoms. The molecule has 0 spiro atoms. The lowest BCUT2D eigenvalue weighted by molar-refractivity contribution is 0.398. The van der Waals surface area contributed by atoms with Crippen molar-refractivity contribution in [3.05, 3.63) is 59.1 Å². The van der Waals surface area contributed by atoms with Gasteiger partial charge in [0.05, 0.1) is 5.69 Å². The Morgan fingerprint density at radius 3 is 2.38 bits per heavy atom. The van der Waals surface area contributed by atoms with Gasteiger partial charge in [-0.25, -0.2) is 8.42 Å². The van der Waals surface area contributed by atoms with Crippen molar-refractivity contribution >= 4 is 27.3 Å². The Hall–Kier alpha value is -1.56. The van der Waals surface area contributed by atoms with Crippen molar-refractivity contribution in [1.29, 1.82) is 0 Å². The molecular formula is C15H17ClN2O2S. The predicted octanol–water partition coefficient (Wildman–Crippen LogP) is 3.30. The van der Waals surface area contributed by atoms with Gasteiger partial charge in [0.1, 0.15) is 4.90 Å². The van der Waals surface area contributed by atoms with E-state index in [1.807, 2.05) is 37.3 Å². The first-order chi connectivity index (χ1) is 9.84. The number of nitrogens with two attached hydrogens (primary N) is 1. The minimum atomic E-state index is -3.72. The Morgan fingerprint density at radius 1 is 1.14 bits per heavy atom. The van der Waals surface area contributed by atoms with E-state index in [4.69, 9.17) is 17.3 Å². The van der Waals surface area contributed by atoms with Gasteiger partial charge >= 0.3 is 0 Å². The summed E-state index contributed by atoms with van der Waals surface area (Å²) in [5.41, 5.74) is 6.88. The topological polar surface area (TPSA) is 63.4 Å². The zero-order valence-electron chi connectivity index (χ0n) is 11.8. The van der Waals surface area contributed by atoms with Crippen LogP contribution in [0.1, 0.15) is 18.5 Å². The number of benzene rings is 2. The molecule has 0 aliphatic heterocycles. The fourth-order valence-electron chi connectivity index (χ4n) is 2.04. The van der Waals surface area contributed by atoms with E-state index in [2.05, 4.69) is 0 Å². The zero-order chi connectivity index (χ0) is 15.6. The van der Waals surface area contributed by atoms with Crippen molar-refractivity contribution in [3.63, 3.8) is 0 Å². The third-order valence-corrected chi connectivity index (χ3v) is 5.68. The monoisotopic (exact) mass is 324 g/mol. The van der Waals surface area contributed by atoms with E-state index in [9.17, 15) is 8.42 Å². The smallest absolute Gasteiger partial charge is 0.245 e. The van der Waals surface area contributed by atoms with Crippen LogP contribution in [0.4, 0.5) is 5.69 Å². The fraction of sp³-hybridized carbons (Fsp3) is 0.200. The molecule has 2 aromatic carbocycles. The highest BCUT2D eigenvalue weighted by Crippen LogP contribution is 2.30. The van der Waals surface area contributed by atoms with Crippen LogP contribution >= 0.6 is 11.6 Å². The van der Waals surface area contributed by atoms with Crippen LogP contribution in [0.2, 0.25) is 5.02 Å². The zero-order valence-corrected chi connectivity index (χ0v) is 13.4. The van der Waals surface area contributed by atoms with Gasteiger partial charge in [-0.05, 0) is 30.7 Å². The summed E-state index contributed by atoms with van der Waals surface area (Å²) in [7, 11) is -2.18. The molecule has 0 aromatic heterocycles. The highest BCUT2D eigenvalue weighted by Gasteiger charge is 2.28. The van der Waals surface area contributed by atoms with Crippen LogP contribution in [0, 0.1) is 0 Å². The molecule has 0 heterocycles. The summed E-state index contributed by atoms with van der Waals surface area (Å²) < 4.78 is 26.7. The second-order valence-corrected chi connectivity index (χ2v) is 7.19. The summed E-state index contributed by atoms with van der Waals surface area (Å²) in [6.07, 6.45) is 0. The van der Waals surface area contributed by atoms with E-state index in [-0.39, 0.29) is 16.6 Å². The third-order valence-electron chi connectivity index (χ3n) is 3.46. The summed E-state index contributed by atoms with van der Waals surface area (Å²) >= 11 is 5.89. The number of rotatable bonds is 4. The number of sulfonamides is 1. The molecule has 4 nitrogen and oxygen atoms in total. The molecule has 1 atom stereocenters. The molecule has 21 heavy (non-hydrogen) atoms. The Labute approximate surface area is 130 Å². The summed E-state index contributed by atoms with van der Waals surface area (Å²) in [6.45, 7) is 1.83. The second kappa shape index (κ2) is 6.05. The first kappa shape index (κ1) is 15.8. The molecule has 1 unspecified atom stereocenters. The van der Waals surface area contributed by atoms with E-state index in [1.165, 1.54) is 23.5 Å². The number of nitrogens with zero attached hydrogens (tertiary/aromatic N) is 1. The van der Waals surface area contributed by atoms with Crippen LogP contribution in [-0.4, -0.2) is 19.8 Å². The van der Waals surface area contributed by atoms with Crippen LogP contribution in [-0.2, 0) is 10.0 Å². The molecule has 0 saturated carbocycles. The Morgan fingerprint density at radius 2 is 1.76 bits per heavy atom. The van der Waals surface area contributed by atoms with Gasteiger partial charge in [-0.1, -0.05) is 41.9 Å². The normalized spacial score (nSPS) is 13.3. The van der Waals surface area contributed by atoms with Crippen LogP contribution in [0.3, 0.4) is 0 Å². The molecule has 2 N–H and O–H groups in total. The third kappa shape index (κ3) is 3.20. The van der Waals surface area contributed by atoms with Crippen LogP contribution in [0.15, 0.2) is 53.4 Å². The number of hydrogen-bond acceptors (Lipinski definition) is 3. The highest BCUT2D eigenvalue weighted by atomic mass is 35.5. The maximum atomic E-state index is 12.7. The van der Waals surface area contributed by atoms with Crippen molar-refractivity contribution in [2.24, 2.45) is 0 Å². The number of nitrogen functional groups attached to an aromatic ring is 1. The van der Waals surface area contributed by atoms with E-state index >= 15 is 0 Å². The van der Waals surface area contributed by atoms with Gasteiger partial charge in [-0.15, -0.1) is 0 Å². The van der Waals surface area contributed by atoms with Crippen LogP contribution in [0.5, 0.6) is 0 Å². The molecule has 0 saturated heterocycles. The van der Waals surface area contributed by atoms with E-state index in [0.717, 1.165) is 5.56 Å². The minimum absolute atomic E-state index is 0.0280. The lowest BCUT2D eigenvalue weighted by Gasteiger charge is -2.25. The first-order valence-electron chi connectivity index (χ1n) is 6.42. The predicted molar refractivity (Wildman–Crippen MR) is 85.7 cm³/mol. The molecule has 0 fully saturated rings. The van der Waals surface area contributed by atoms with Gasteiger partial charge in [0.15, 0.2) is 0 Å². The molecule has 0 bridgehead atoms. The fourth-order valence-corrected chi connectivity index (χ4v) is 3.76. The summed E-state index contributed by atoms with van der Waals surface area (Å²) in [5.74, 6) is 0. The van der Waals surface area contributed by atoms with Gasteiger partial charge in [-0.2, -0.15) is 4.31 Å². The Balaban J connectivity index is 2.41. The number of hydrogen-bond donors (Lipinski definition) is 1. The Bertz CT molecular complexity index is 733. The van der Waals surface area contributed by atoms with Crippen molar-refractivity contribution in [2.45, 2.75) is 17.9 Å². The molecular weight excluding hydrogens is 308 g/mol. The molecule has 112 valence electrons. The minimum Gasteiger partial charge on any atom is -0.398 e. The van der Waals surface area contributed by atoms with E-state index < -0.39 is 10.0 Å². The standard InChI is InChI=1S/C15H17ClN2O2S/c1-11(12-6-4-3-5-7-12)18(2)21(19,20)15-10-13(16)8-9-14(15)17/h3-11H,17H2,1-2H3. The second-order valence-electron chi connectivity index (χ2n) is 4.79. The molecule has 0 aliphatic carbocycles. The highest BCUT2D eigenvalue weighted by molar-refractivity contribution is 7.89. The van der Waals surface area contributed by atoms with Gasteiger partial charge in [0.2, 0.25) is 10.0 Å². The molecule has 0 aliphatic rings. The van der Waals surface area contributed by atoms with Gasteiger partial charge in [0, 0.05) is 18.1 Å². The van der Waals surface area contributed by atoms with Crippen molar-refractivity contribution in [3.8, 4) is 0 Å². The molecule has 2 aromatic rings. The van der Waals surface area contributed by atoms with Crippen molar-refractivity contribution < 1.29 is 8.42 Å². The Kier molecular flexibility index (Phi) is 4.56. The average Bonchev–Trinajstić information content (AvgIpc) is 2.49. The van der Waals surface area contributed by atoms with Gasteiger partial charge in [0.25, 0.3) is 0 Å². The van der Waals surface area contributed by atoms with Crippen molar-refractivity contribution in [1.82, 2.24) is 4.31 Å². The number of halogens is 1. The lowest BCUT2D eigenvalue weighted by atomic mass is 10.1. The molecule has 0 amide bonds. The summed E-state index contributed by atoms with van der Waals surface area (Å²) in [6, 6.07) is 13.5. The largest absolute Gasteiger partial charge is 0.398 e. The average molecular weight is 325 g/mol. The quantitative estimate of drug-likeness (QED) is 0.878. The first-order valence-corrected chi connectivity index (χ1v) is 8.24. The van der Waals surface area contributed by atoms with Gasteiger partial charge in [-0.3, -0.25) is 0 Å². The summed E-state index contributed by atoms with van der Waals surface area (Å²) in [5, 5.41) is 0.337. The van der Waals surface area contributed by atoms with Gasteiger partial charge < -0.3 is 5.73 Å². The number of anilines is 1. The molecule has 2 rings (SSSR count). The van der Waals surface area contributed by atoms with E-state index in [1.54, 1.807) is 6.07 Å². The van der Waals surface area contributed by atoms with E-state index in [0.29, 0.717) is 5.02 Å². The van der Waals surface area contributed by atoms with Crippen molar-refractivity contribution in [2.75, 3.05) is 12.8 Å². The maximum Gasteiger partial charge on any atom is 0.245 e.